The maximum atomic E-state index is 6.75. The van der Waals surface area contributed by atoms with Crippen molar-refractivity contribution in [3.05, 3.63) is 134 Å². The summed E-state index contributed by atoms with van der Waals surface area (Å²) in [7, 11) is 0. The molecule has 0 bridgehead atoms. The number of hydrogen-bond acceptors (Lipinski definition) is 3. The molecule has 0 amide bonds. The van der Waals surface area contributed by atoms with Crippen LogP contribution < -0.4 is 0 Å². The van der Waals surface area contributed by atoms with Gasteiger partial charge < -0.3 is 13.3 Å². The van der Waals surface area contributed by atoms with Gasteiger partial charge in [0.25, 0.3) is 0 Å². The van der Waals surface area contributed by atoms with Gasteiger partial charge in [0.15, 0.2) is 0 Å². The van der Waals surface area contributed by atoms with Gasteiger partial charge >= 0.3 is 0 Å². The van der Waals surface area contributed by atoms with Crippen LogP contribution in [0.15, 0.2) is 147 Å². The van der Waals surface area contributed by atoms with E-state index in [9.17, 15) is 0 Å². The van der Waals surface area contributed by atoms with Crippen LogP contribution in [0, 0.1) is 0 Å². The van der Waals surface area contributed by atoms with Gasteiger partial charge in [0.1, 0.15) is 27.9 Å². The first-order valence-electron chi connectivity index (χ1n) is 14.5. The van der Waals surface area contributed by atoms with Gasteiger partial charge in [-0.05, 0) is 63.0 Å². The zero-order valence-corrected chi connectivity index (χ0v) is 22.9. The predicted octanol–water partition coefficient (Wildman–Crippen LogP) is 11.9. The molecule has 0 fully saturated rings. The molecule has 0 atom stereocenters. The quantitative estimate of drug-likeness (QED) is 0.201. The Morgan fingerprint density at radius 3 is 1.67 bits per heavy atom. The van der Waals surface area contributed by atoms with Crippen molar-refractivity contribution in [2.75, 3.05) is 0 Å². The van der Waals surface area contributed by atoms with E-state index >= 15 is 0 Å². The molecule has 7 aromatic carbocycles. The third kappa shape index (κ3) is 3.03. The summed E-state index contributed by atoms with van der Waals surface area (Å²) in [4.78, 5) is 0. The van der Waals surface area contributed by atoms with Crippen molar-refractivity contribution in [1.29, 1.82) is 0 Å². The molecule has 200 valence electrons. The molecule has 3 heterocycles. The van der Waals surface area contributed by atoms with E-state index in [0.717, 1.165) is 60.4 Å². The highest BCUT2D eigenvalue weighted by Gasteiger charge is 2.22. The smallest absolute Gasteiger partial charge is 0.146 e. The minimum atomic E-state index is 0.828. The van der Waals surface area contributed by atoms with Crippen LogP contribution in [0.4, 0.5) is 0 Å². The maximum Gasteiger partial charge on any atom is 0.146 e. The van der Waals surface area contributed by atoms with Crippen LogP contribution in [0.3, 0.4) is 0 Å². The summed E-state index contributed by atoms with van der Waals surface area (Å²) >= 11 is 0. The molecule has 0 radical (unpaired) electrons. The second-order valence-corrected chi connectivity index (χ2v) is 11.2. The average molecular weight is 551 g/mol. The molecule has 10 aromatic rings. The Morgan fingerprint density at radius 1 is 0.326 bits per heavy atom. The van der Waals surface area contributed by atoms with Crippen LogP contribution in [0.25, 0.3) is 98.6 Å². The normalized spacial score (nSPS) is 12.2. The van der Waals surface area contributed by atoms with Gasteiger partial charge in [-0.15, -0.1) is 0 Å². The summed E-state index contributed by atoms with van der Waals surface area (Å²) in [6, 6.07) is 44.8. The van der Waals surface area contributed by atoms with E-state index in [-0.39, 0.29) is 0 Å². The molecule has 0 aliphatic carbocycles. The molecule has 0 aliphatic heterocycles. The molecule has 43 heavy (non-hydrogen) atoms. The summed E-state index contributed by atoms with van der Waals surface area (Å²) in [5.41, 5.74) is 9.01. The number of fused-ring (bicyclic) bond motifs is 10. The highest BCUT2D eigenvalue weighted by Crippen LogP contribution is 2.48. The Bertz CT molecular complexity index is 2680. The lowest BCUT2D eigenvalue weighted by atomic mass is 9.84. The molecule has 3 nitrogen and oxygen atoms in total. The van der Waals surface area contributed by atoms with Crippen molar-refractivity contribution < 1.29 is 13.3 Å². The van der Waals surface area contributed by atoms with E-state index in [1.807, 2.05) is 24.3 Å². The van der Waals surface area contributed by atoms with E-state index in [2.05, 4.69) is 103 Å². The van der Waals surface area contributed by atoms with E-state index in [0.29, 0.717) is 0 Å². The van der Waals surface area contributed by atoms with Crippen LogP contribution in [0.2, 0.25) is 0 Å². The zero-order valence-electron chi connectivity index (χ0n) is 22.9. The molecule has 0 saturated heterocycles. The number of benzene rings is 7. The van der Waals surface area contributed by atoms with Crippen molar-refractivity contribution in [3.8, 4) is 22.3 Å². The van der Waals surface area contributed by atoms with E-state index in [4.69, 9.17) is 13.3 Å². The second-order valence-electron chi connectivity index (χ2n) is 11.2. The van der Waals surface area contributed by atoms with Gasteiger partial charge in [-0.25, -0.2) is 0 Å². The van der Waals surface area contributed by atoms with Crippen LogP contribution in [0.1, 0.15) is 0 Å². The number of para-hydroxylation sites is 2. The van der Waals surface area contributed by atoms with Crippen molar-refractivity contribution >= 4 is 76.4 Å². The van der Waals surface area contributed by atoms with E-state index in [1.54, 1.807) is 6.26 Å². The molecular weight excluding hydrogens is 528 g/mol. The summed E-state index contributed by atoms with van der Waals surface area (Å²) in [6.07, 6.45) is 1.72. The number of rotatable bonds is 2. The van der Waals surface area contributed by atoms with Gasteiger partial charge in [0.05, 0.1) is 11.6 Å². The lowest BCUT2D eigenvalue weighted by molar-refractivity contribution is 0.615. The van der Waals surface area contributed by atoms with Crippen molar-refractivity contribution in [2.45, 2.75) is 0 Å². The summed E-state index contributed by atoms with van der Waals surface area (Å²) < 4.78 is 18.8. The minimum Gasteiger partial charge on any atom is -0.464 e. The fourth-order valence-electron chi connectivity index (χ4n) is 7.19. The lowest BCUT2D eigenvalue weighted by Crippen LogP contribution is -1.91. The Morgan fingerprint density at radius 2 is 0.907 bits per heavy atom. The molecule has 3 heteroatoms. The fourth-order valence-corrected chi connectivity index (χ4v) is 7.19. The summed E-state index contributed by atoms with van der Waals surface area (Å²) in [5.74, 6) is 0. The highest BCUT2D eigenvalue weighted by atomic mass is 16.3. The van der Waals surface area contributed by atoms with Crippen molar-refractivity contribution in [2.24, 2.45) is 0 Å². The molecule has 0 saturated carbocycles. The average Bonchev–Trinajstić information content (AvgIpc) is 3.78. The van der Waals surface area contributed by atoms with Gasteiger partial charge in [-0.3, -0.25) is 0 Å². The SMILES string of the molecule is c1ccc2c(c1)oc1cccc(-c3c4ccccc4c(-c4cccc5c4oc4c6ccoc6ccc54)c4ccccc34)c12. The monoisotopic (exact) mass is 550 g/mol. The Labute approximate surface area is 245 Å². The van der Waals surface area contributed by atoms with E-state index < -0.39 is 0 Å². The predicted molar refractivity (Wildman–Crippen MR) is 177 cm³/mol. The maximum absolute atomic E-state index is 6.75. The standard InChI is InChI=1S/C40H22O3/c1-3-11-25-23(9-1)36(31-15-8-18-35-38(31)29-13-5-6-17-34(29)42-35)24-10-2-4-12-26(24)37(25)32-16-7-14-27-28-19-20-33-30(21-22-41-33)39(28)43-40(27)32/h1-22H. The van der Waals surface area contributed by atoms with Crippen molar-refractivity contribution in [1.82, 2.24) is 0 Å². The molecule has 0 spiro atoms. The molecule has 0 unspecified atom stereocenters. The lowest BCUT2D eigenvalue weighted by Gasteiger charge is -2.18. The van der Waals surface area contributed by atoms with Gasteiger partial charge in [-0.2, -0.15) is 0 Å². The van der Waals surface area contributed by atoms with E-state index in [1.165, 1.54) is 38.2 Å². The second kappa shape index (κ2) is 8.37. The summed E-state index contributed by atoms with van der Waals surface area (Å²) in [6.45, 7) is 0. The topological polar surface area (TPSA) is 39.4 Å². The van der Waals surface area contributed by atoms with Crippen LogP contribution in [-0.4, -0.2) is 0 Å². The van der Waals surface area contributed by atoms with Gasteiger partial charge in [0.2, 0.25) is 0 Å². The first kappa shape index (κ1) is 22.8. The third-order valence-electron chi connectivity index (χ3n) is 8.97. The molecule has 10 rings (SSSR count). The fraction of sp³-hybridized carbons (Fsp3) is 0. The third-order valence-corrected chi connectivity index (χ3v) is 8.97. The zero-order chi connectivity index (χ0) is 28.1. The Hall–Kier alpha value is -5.80. The Balaban J connectivity index is 1.37. The van der Waals surface area contributed by atoms with Crippen LogP contribution in [0.5, 0.6) is 0 Å². The molecule has 0 aliphatic rings. The number of furan rings is 3. The first-order chi connectivity index (χ1) is 21.3. The Kier molecular flexibility index (Phi) is 4.45. The molecule has 3 aromatic heterocycles. The van der Waals surface area contributed by atoms with Gasteiger partial charge in [0, 0.05) is 32.7 Å². The van der Waals surface area contributed by atoms with Crippen molar-refractivity contribution in [3.63, 3.8) is 0 Å². The largest absolute Gasteiger partial charge is 0.464 e. The minimum absolute atomic E-state index is 0.828. The first-order valence-corrected chi connectivity index (χ1v) is 14.5. The van der Waals surface area contributed by atoms with Crippen LogP contribution >= 0.6 is 0 Å². The van der Waals surface area contributed by atoms with Crippen LogP contribution in [-0.2, 0) is 0 Å². The molecule has 0 N–H and O–H groups in total. The number of hydrogen-bond donors (Lipinski definition) is 0. The summed E-state index contributed by atoms with van der Waals surface area (Å²) in [5, 5.41) is 10.2. The highest BCUT2D eigenvalue weighted by molar-refractivity contribution is 6.27. The van der Waals surface area contributed by atoms with Gasteiger partial charge in [-0.1, -0.05) is 97.1 Å². The molecular formula is C40H22O3.